The summed E-state index contributed by atoms with van der Waals surface area (Å²) >= 11 is 0. The summed E-state index contributed by atoms with van der Waals surface area (Å²) in [6.45, 7) is 2.03. The van der Waals surface area contributed by atoms with Gasteiger partial charge in [-0.3, -0.25) is 4.79 Å². The fraction of sp³-hybridized carbons (Fsp3) is 0.0833. The highest BCUT2D eigenvalue weighted by Crippen LogP contribution is 2.23. The monoisotopic (exact) mass is 389 g/mol. The molecular formula is C24H20FNO3. The van der Waals surface area contributed by atoms with Crippen LogP contribution < -0.4 is 5.32 Å². The number of carbonyl (C=O) groups is 2. The quantitative estimate of drug-likeness (QED) is 0.458. The van der Waals surface area contributed by atoms with Crippen LogP contribution in [0.3, 0.4) is 0 Å². The predicted octanol–water partition coefficient (Wildman–Crippen LogP) is 5.32. The number of halogens is 1. The van der Waals surface area contributed by atoms with Gasteiger partial charge >= 0.3 is 5.97 Å². The van der Waals surface area contributed by atoms with E-state index in [-0.39, 0.29) is 5.56 Å². The fourth-order valence-corrected chi connectivity index (χ4v) is 2.78. The van der Waals surface area contributed by atoms with Crippen LogP contribution in [0.1, 0.15) is 22.8 Å². The Labute approximate surface area is 168 Å². The highest BCUT2D eigenvalue weighted by atomic mass is 19.1. The van der Waals surface area contributed by atoms with Crippen molar-refractivity contribution in [2.24, 2.45) is 0 Å². The number of hydrogen-bond acceptors (Lipinski definition) is 3. The molecule has 3 aromatic carbocycles. The molecule has 0 saturated carbocycles. The number of esters is 1. The maximum absolute atomic E-state index is 14.3. The molecule has 146 valence electrons. The van der Waals surface area contributed by atoms with Crippen molar-refractivity contribution < 1.29 is 18.7 Å². The average molecular weight is 389 g/mol. The molecule has 4 nitrogen and oxygen atoms in total. The number of carbonyl (C=O) groups excluding carboxylic acids is 2. The second kappa shape index (κ2) is 9.46. The van der Waals surface area contributed by atoms with E-state index in [0.29, 0.717) is 17.9 Å². The second-order valence-corrected chi connectivity index (χ2v) is 6.23. The Bertz CT molecular complexity index is 1050. The Kier molecular flexibility index (Phi) is 6.53. The van der Waals surface area contributed by atoms with Crippen LogP contribution in [0.2, 0.25) is 0 Å². The van der Waals surface area contributed by atoms with E-state index in [1.807, 2.05) is 30.3 Å². The van der Waals surface area contributed by atoms with Crippen molar-refractivity contribution in [1.82, 2.24) is 0 Å². The minimum Gasteiger partial charge on any atom is -0.463 e. The lowest BCUT2D eigenvalue weighted by Crippen LogP contribution is -2.14. The maximum Gasteiger partial charge on any atom is 0.330 e. The molecule has 0 heterocycles. The molecule has 3 rings (SSSR count). The Morgan fingerprint density at radius 1 is 0.966 bits per heavy atom. The molecule has 0 aliphatic heterocycles. The number of amides is 1. The zero-order chi connectivity index (χ0) is 20.6. The molecule has 0 bridgehead atoms. The van der Waals surface area contributed by atoms with E-state index >= 15 is 0 Å². The van der Waals surface area contributed by atoms with Crippen LogP contribution in [-0.4, -0.2) is 18.5 Å². The summed E-state index contributed by atoms with van der Waals surface area (Å²) in [7, 11) is 0. The van der Waals surface area contributed by atoms with Crippen LogP contribution in [0.5, 0.6) is 0 Å². The lowest BCUT2D eigenvalue weighted by atomic mass is 10.0. The molecule has 0 aliphatic rings. The normalized spacial score (nSPS) is 10.7. The lowest BCUT2D eigenvalue weighted by molar-refractivity contribution is -0.137. The average Bonchev–Trinajstić information content (AvgIpc) is 2.74. The van der Waals surface area contributed by atoms with Gasteiger partial charge in [0.2, 0.25) is 0 Å². The van der Waals surface area contributed by atoms with E-state index in [1.54, 1.807) is 43.3 Å². The van der Waals surface area contributed by atoms with Crippen LogP contribution in [0.15, 0.2) is 78.9 Å². The van der Waals surface area contributed by atoms with Gasteiger partial charge < -0.3 is 10.1 Å². The van der Waals surface area contributed by atoms with E-state index < -0.39 is 17.7 Å². The Morgan fingerprint density at radius 2 is 1.76 bits per heavy atom. The topological polar surface area (TPSA) is 55.4 Å². The van der Waals surface area contributed by atoms with Gasteiger partial charge in [0.15, 0.2) is 0 Å². The smallest absolute Gasteiger partial charge is 0.330 e. The van der Waals surface area contributed by atoms with Gasteiger partial charge in [-0.1, -0.05) is 48.5 Å². The first-order chi connectivity index (χ1) is 14.1. The first-order valence-electron chi connectivity index (χ1n) is 9.18. The van der Waals surface area contributed by atoms with Crippen molar-refractivity contribution in [3.63, 3.8) is 0 Å². The van der Waals surface area contributed by atoms with Crippen molar-refractivity contribution in [3.8, 4) is 11.1 Å². The van der Waals surface area contributed by atoms with E-state index in [4.69, 9.17) is 4.74 Å². The summed E-state index contributed by atoms with van der Waals surface area (Å²) in [5.74, 6) is -1.59. The molecular weight excluding hydrogens is 369 g/mol. The number of hydrogen-bond donors (Lipinski definition) is 1. The molecule has 1 amide bonds. The zero-order valence-electron chi connectivity index (χ0n) is 15.9. The van der Waals surface area contributed by atoms with Crippen LogP contribution in [-0.2, 0) is 9.53 Å². The minimum atomic E-state index is -0.597. The van der Waals surface area contributed by atoms with Gasteiger partial charge in [0, 0.05) is 11.8 Å². The van der Waals surface area contributed by atoms with Crippen molar-refractivity contribution in [2.75, 3.05) is 11.9 Å². The number of anilines is 1. The van der Waals surface area contributed by atoms with E-state index in [1.165, 1.54) is 18.2 Å². The summed E-state index contributed by atoms with van der Waals surface area (Å²) in [4.78, 5) is 24.1. The van der Waals surface area contributed by atoms with Gasteiger partial charge in [0.05, 0.1) is 12.2 Å². The van der Waals surface area contributed by atoms with Crippen LogP contribution in [0.25, 0.3) is 17.2 Å². The van der Waals surface area contributed by atoms with Gasteiger partial charge in [0.25, 0.3) is 5.91 Å². The van der Waals surface area contributed by atoms with Crippen LogP contribution in [0, 0.1) is 5.82 Å². The predicted molar refractivity (Wildman–Crippen MR) is 112 cm³/mol. The first kappa shape index (κ1) is 20.0. The van der Waals surface area contributed by atoms with Crippen molar-refractivity contribution >= 4 is 23.6 Å². The first-order valence-corrected chi connectivity index (χ1v) is 9.18. The molecule has 3 aromatic rings. The summed E-state index contributed by atoms with van der Waals surface area (Å²) < 4.78 is 19.1. The van der Waals surface area contributed by atoms with Crippen molar-refractivity contribution in [3.05, 3.63) is 95.8 Å². The molecule has 0 unspecified atom stereocenters. The number of rotatable bonds is 6. The Morgan fingerprint density at radius 3 is 2.52 bits per heavy atom. The summed E-state index contributed by atoms with van der Waals surface area (Å²) in [6, 6.07) is 20.8. The largest absolute Gasteiger partial charge is 0.463 e. The lowest BCUT2D eigenvalue weighted by Gasteiger charge is -2.09. The Hall–Kier alpha value is -3.73. The van der Waals surface area contributed by atoms with Gasteiger partial charge in [-0.2, -0.15) is 0 Å². The van der Waals surface area contributed by atoms with E-state index in [9.17, 15) is 14.0 Å². The summed E-state index contributed by atoms with van der Waals surface area (Å²) in [5.41, 5.74) is 2.80. The molecule has 0 aromatic heterocycles. The minimum absolute atomic E-state index is 0.0428. The van der Waals surface area contributed by atoms with Crippen molar-refractivity contribution in [1.29, 1.82) is 0 Å². The molecule has 0 spiro atoms. The SMILES string of the molecule is CCOC(=O)/C=C/c1cccc(NC(=O)c2cc(-c3ccccc3)ccc2F)c1. The summed E-state index contributed by atoms with van der Waals surface area (Å²) in [6.07, 6.45) is 2.90. The molecule has 29 heavy (non-hydrogen) atoms. The highest BCUT2D eigenvalue weighted by Gasteiger charge is 2.13. The molecule has 5 heteroatoms. The Balaban J connectivity index is 1.78. The number of ether oxygens (including phenoxy) is 1. The van der Waals surface area contributed by atoms with E-state index in [2.05, 4.69) is 5.32 Å². The fourth-order valence-electron chi connectivity index (χ4n) is 2.78. The molecule has 1 N–H and O–H groups in total. The van der Waals surface area contributed by atoms with Crippen LogP contribution >= 0.6 is 0 Å². The standard InChI is InChI=1S/C24H20FNO3/c1-2-29-23(27)14-11-17-7-6-10-20(15-17)26-24(28)21-16-19(12-13-22(21)25)18-8-4-3-5-9-18/h3-16H,2H2,1H3,(H,26,28)/b14-11+. The third-order valence-electron chi connectivity index (χ3n) is 4.16. The number of nitrogens with one attached hydrogen (secondary N) is 1. The third-order valence-corrected chi connectivity index (χ3v) is 4.16. The summed E-state index contributed by atoms with van der Waals surface area (Å²) in [5, 5.41) is 2.70. The van der Waals surface area contributed by atoms with Gasteiger partial charge in [-0.05, 0) is 54.0 Å². The van der Waals surface area contributed by atoms with Crippen LogP contribution in [0.4, 0.5) is 10.1 Å². The van der Waals surface area contributed by atoms with Gasteiger partial charge in [-0.15, -0.1) is 0 Å². The maximum atomic E-state index is 14.3. The molecule has 0 fully saturated rings. The molecule has 0 radical (unpaired) electrons. The second-order valence-electron chi connectivity index (χ2n) is 6.23. The third kappa shape index (κ3) is 5.39. The van der Waals surface area contributed by atoms with E-state index in [0.717, 1.165) is 11.1 Å². The number of benzene rings is 3. The molecule has 0 saturated heterocycles. The highest BCUT2D eigenvalue weighted by molar-refractivity contribution is 6.05. The van der Waals surface area contributed by atoms with Crippen molar-refractivity contribution in [2.45, 2.75) is 6.92 Å². The van der Waals surface area contributed by atoms with Gasteiger partial charge in [0.1, 0.15) is 5.82 Å². The molecule has 0 aliphatic carbocycles. The molecule has 0 atom stereocenters. The zero-order valence-corrected chi connectivity index (χ0v) is 15.9. The van der Waals surface area contributed by atoms with Gasteiger partial charge in [-0.25, -0.2) is 9.18 Å².